The number of nitrogens with one attached hydrogen (secondary N) is 2. The van der Waals surface area contributed by atoms with Crippen LogP contribution < -0.4 is 10.6 Å². The number of aliphatic hydroxyl groups excluding tert-OH is 1. The summed E-state index contributed by atoms with van der Waals surface area (Å²) < 4.78 is 0. The first kappa shape index (κ1) is 12.5. The first-order chi connectivity index (χ1) is 7.25. The fourth-order valence-corrected chi connectivity index (χ4v) is 2.33. The molecule has 1 aliphatic heterocycles. The van der Waals surface area contributed by atoms with Crippen molar-refractivity contribution in [1.82, 2.24) is 10.6 Å². The first-order valence-corrected chi connectivity index (χ1v) is 5.85. The fraction of sp³-hybridized carbons (Fsp3) is 0.909. The number of amides is 1. The maximum Gasteiger partial charge on any atom is 0.226 e. The Labute approximate surface area is 91.4 Å². The molecule has 4 heteroatoms. The summed E-state index contributed by atoms with van der Waals surface area (Å²) in [5, 5.41) is 14.8. The third-order valence-corrected chi connectivity index (χ3v) is 3.17. The van der Waals surface area contributed by atoms with Gasteiger partial charge >= 0.3 is 0 Å². The van der Waals surface area contributed by atoms with Crippen molar-refractivity contribution in [1.29, 1.82) is 0 Å². The molecule has 1 fully saturated rings. The van der Waals surface area contributed by atoms with Crippen molar-refractivity contribution in [2.24, 2.45) is 5.41 Å². The summed E-state index contributed by atoms with van der Waals surface area (Å²) in [4.78, 5) is 12.0. The maximum absolute atomic E-state index is 12.0. The van der Waals surface area contributed by atoms with Gasteiger partial charge in [-0.05, 0) is 32.4 Å². The van der Waals surface area contributed by atoms with E-state index in [0.717, 1.165) is 38.8 Å². The highest BCUT2D eigenvalue weighted by molar-refractivity contribution is 5.82. The number of aliphatic hydroxyl groups is 1. The van der Waals surface area contributed by atoms with Gasteiger partial charge in [-0.25, -0.2) is 0 Å². The minimum atomic E-state index is -0.185. The van der Waals surface area contributed by atoms with E-state index in [0.29, 0.717) is 6.54 Å². The van der Waals surface area contributed by atoms with Crippen molar-refractivity contribution in [3.63, 3.8) is 0 Å². The quantitative estimate of drug-likeness (QED) is 0.615. The third kappa shape index (κ3) is 3.18. The Kier molecular flexibility index (Phi) is 5.05. The fourth-order valence-electron chi connectivity index (χ4n) is 2.33. The SMILES string of the molecule is CCCC1(C(=O)NCCO)CCNCC1. The molecule has 0 aliphatic carbocycles. The summed E-state index contributed by atoms with van der Waals surface area (Å²) in [5.41, 5.74) is -0.185. The highest BCUT2D eigenvalue weighted by atomic mass is 16.3. The van der Waals surface area contributed by atoms with Crippen LogP contribution in [-0.4, -0.2) is 37.3 Å². The molecule has 1 rings (SSSR count). The lowest BCUT2D eigenvalue weighted by molar-refractivity contribution is -0.133. The summed E-state index contributed by atoms with van der Waals surface area (Å²) >= 11 is 0. The zero-order chi connectivity index (χ0) is 11.1. The molecule has 0 bridgehead atoms. The molecule has 0 aromatic heterocycles. The molecule has 1 saturated heterocycles. The molecule has 0 spiro atoms. The van der Waals surface area contributed by atoms with E-state index >= 15 is 0 Å². The summed E-state index contributed by atoms with van der Waals surface area (Å²) in [6.07, 6.45) is 3.81. The molecule has 4 nitrogen and oxygen atoms in total. The standard InChI is InChI=1S/C11H22N2O2/c1-2-3-11(4-6-12-7-5-11)10(15)13-8-9-14/h12,14H,2-9H2,1H3,(H,13,15). The van der Waals surface area contributed by atoms with Crippen LogP contribution in [0.2, 0.25) is 0 Å². The summed E-state index contributed by atoms with van der Waals surface area (Å²) in [6, 6.07) is 0. The summed E-state index contributed by atoms with van der Waals surface area (Å²) in [5.74, 6) is 0.125. The normalized spacial score (nSPS) is 19.9. The van der Waals surface area contributed by atoms with Gasteiger partial charge in [-0.3, -0.25) is 4.79 Å². The maximum atomic E-state index is 12.0. The predicted octanol–water partition coefficient (Wildman–Crippen LogP) is 0.265. The zero-order valence-electron chi connectivity index (χ0n) is 9.51. The van der Waals surface area contributed by atoms with Crippen molar-refractivity contribution in [2.75, 3.05) is 26.2 Å². The van der Waals surface area contributed by atoms with E-state index in [4.69, 9.17) is 5.11 Å². The van der Waals surface area contributed by atoms with Crippen molar-refractivity contribution in [2.45, 2.75) is 32.6 Å². The van der Waals surface area contributed by atoms with Crippen LogP contribution in [0, 0.1) is 5.41 Å². The molecule has 0 radical (unpaired) electrons. The lowest BCUT2D eigenvalue weighted by atomic mass is 9.74. The van der Waals surface area contributed by atoms with E-state index < -0.39 is 0 Å². The molecule has 0 atom stereocenters. The minimum absolute atomic E-state index is 0.0200. The van der Waals surface area contributed by atoms with Gasteiger partial charge in [0.05, 0.1) is 12.0 Å². The van der Waals surface area contributed by atoms with Crippen molar-refractivity contribution < 1.29 is 9.90 Å². The Hall–Kier alpha value is -0.610. The van der Waals surface area contributed by atoms with Gasteiger partial charge in [0.2, 0.25) is 5.91 Å². The average molecular weight is 214 g/mol. The monoisotopic (exact) mass is 214 g/mol. The van der Waals surface area contributed by atoms with Crippen LogP contribution >= 0.6 is 0 Å². The van der Waals surface area contributed by atoms with Crippen LogP contribution in [0.3, 0.4) is 0 Å². The molecule has 1 heterocycles. The second-order valence-corrected chi connectivity index (χ2v) is 4.26. The van der Waals surface area contributed by atoms with Crippen LogP contribution in [0.25, 0.3) is 0 Å². The van der Waals surface area contributed by atoms with E-state index in [-0.39, 0.29) is 17.9 Å². The number of carbonyl (C=O) groups excluding carboxylic acids is 1. The van der Waals surface area contributed by atoms with E-state index in [1.165, 1.54) is 0 Å². The molecular formula is C11H22N2O2. The molecule has 15 heavy (non-hydrogen) atoms. The number of hydrogen-bond acceptors (Lipinski definition) is 3. The Morgan fingerprint density at radius 1 is 1.47 bits per heavy atom. The molecule has 3 N–H and O–H groups in total. The van der Waals surface area contributed by atoms with Gasteiger partial charge < -0.3 is 15.7 Å². The van der Waals surface area contributed by atoms with E-state index in [2.05, 4.69) is 17.6 Å². The van der Waals surface area contributed by atoms with Crippen LogP contribution in [0.5, 0.6) is 0 Å². The number of rotatable bonds is 5. The molecule has 0 aromatic carbocycles. The summed E-state index contributed by atoms with van der Waals surface area (Å²) in [6.45, 7) is 4.35. The Morgan fingerprint density at radius 3 is 2.67 bits per heavy atom. The number of hydrogen-bond donors (Lipinski definition) is 3. The molecule has 0 saturated carbocycles. The molecule has 88 valence electrons. The van der Waals surface area contributed by atoms with Gasteiger partial charge in [0, 0.05) is 6.54 Å². The molecule has 1 aliphatic rings. The Bertz CT molecular complexity index is 195. The lowest BCUT2D eigenvalue weighted by Gasteiger charge is -2.36. The van der Waals surface area contributed by atoms with Gasteiger partial charge in [0.25, 0.3) is 0 Å². The highest BCUT2D eigenvalue weighted by Gasteiger charge is 2.38. The highest BCUT2D eigenvalue weighted by Crippen LogP contribution is 2.34. The third-order valence-electron chi connectivity index (χ3n) is 3.17. The van der Waals surface area contributed by atoms with Crippen molar-refractivity contribution in [3.05, 3.63) is 0 Å². The average Bonchev–Trinajstić information content (AvgIpc) is 2.27. The van der Waals surface area contributed by atoms with Crippen LogP contribution in [0.15, 0.2) is 0 Å². The molecule has 0 aromatic rings. The molecular weight excluding hydrogens is 192 g/mol. The van der Waals surface area contributed by atoms with E-state index in [1.807, 2.05) is 0 Å². The zero-order valence-corrected chi connectivity index (χ0v) is 9.51. The molecule has 1 amide bonds. The van der Waals surface area contributed by atoms with Crippen LogP contribution in [0.4, 0.5) is 0 Å². The Morgan fingerprint density at radius 2 is 2.13 bits per heavy atom. The smallest absolute Gasteiger partial charge is 0.226 e. The van der Waals surface area contributed by atoms with Gasteiger partial charge in [-0.2, -0.15) is 0 Å². The summed E-state index contributed by atoms with van der Waals surface area (Å²) in [7, 11) is 0. The Balaban J connectivity index is 2.57. The van der Waals surface area contributed by atoms with Crippen LogP contribution in [0.1, 0.15) is 32.6 Å². The van der Waals surface area contributed by atoms with Gasteiger partial charge in [-0.15, -0.1) is 0 Å². The minimum Gasteiger partial charge on any atom is -0.395 e. The van der Waals surface area contributed by atoms with E-state index in [9.17, 15) is 4.79 Å². The van der Waals surface area contributed by atoms with Crippen LogP contribution in [-0.2, 0) is 4.79 Å². The van der Waals surface area contributed by atoms with Gasteiger partial charge in [0.1, 0.15) is 0 Å². The number of carbonyl (C=O) groups is 1. The van der Waals surface area contributed by atoms with Crippen molar-refractivity contribution >= 4 is 5.91 Å². The topological polar surface area (TPSA) is 61.4 Å². The van der Waals surface area contributed by atoms with Gasteiger partial charge in [-0.1, -0.05) is 13.3 Å². The van der Waals surface area contributed by atoms with E-state index in [1.54, 1.807) is 0 Å². The second kappa shape index (κ2) is 6.08. The van der Waals surface area contributed by atoms with Crippen molar-refractivity contribution in [3.8, 4) is 0 Å². The first-order valence-electron chi connectivity index (χ1n) is 5.85. The molecule has 0 unspecified atom stereocenters. The van der Waals surface area contributed by atoms with Gasteiger partial charge in [0.15, 0.2) is 0 Å². The number of piperidine rings is 1. The lowest BCUT2D eigenvalue weighted by Crippen LogP contribution is -2.48. The second-order valence-electron chi connectivity index (χ2n) is 4.26. The predicted molar refractivity (Wildman–Crippen MR) is 59.5 cm³/mol. The largest absolute Gasteiger partial charge is 0.395 e.